The van der Waals surface area contributed by atoms with Gasteiger partial charge in [0, 0.05) is 32.0 Å². The van der Waals surface area contributed by atoms with Crippen LogP contribution in [0.15, 0.2) is 0 Å². The summed E-state index contributed by atoms with van der Waals surface area (Å²) in [5.74, 6) is 0.491. The number of rotatable bonds is 5. The fourth-order valence-corrected chi connectivity index (χ4v) is 2.77. The van der Waals surface area contributed by atoms with E-state index in [0.717, 1.165) is 6.54 Å². The van der Waals surface area contributed by atoms with E-state index in [-0.39, 0.29) is 17.4 Å². The van der Waals surface area contributed by atoms with Crippen molar-refractivity contribution in [3.05, 3.63) is 0 Å². The van der Waals surface area contributed by atoms with Crippen molar-refractivity contribution < 1.29 is 9.53 Å². The van der Waals surface area contributed by atoms with Crippen LogP contribution in [0.4, 0.5) is 0 Å². The molecular formula is C14H28N2O2. The van der Waals surface area contributed by atoms with Gasteiger partial charge in [-0.05, 0) is 12.8 Å². The fraction of sp³-hybridized carbons (Fsp3) is 0.929. The standard InChI is InChI=1S/C14H28N2O2/c1-7-18-11-8-14(15,13(11,4)5)12(17)16(6)9-10(2)3/h10-11H,7-9,15H2,1-6H3. The second-order valence-corrected chi connectivity index (χ2v) is 6.42. The minimum absolute atomic E-state index is 0.0390. The van der Waals surface area contributed by atoms with Gasteiger partial charge < -0.3 is 15.4 Å². The van der Waals surface area contributed by atoms with Gasteiger partial charge in [-0.2, -0.15) is 0 Å². The molecule has 0 aliphatic heterocycles. The minimum atomic E-state index is -0.781. The molecule has 0 heterocycles. The highest BCUT2D eigenvalue weighted by Gasteiger charge is 2.63. The van der Waals surface area contributed by atoms with E-state index in [1.807, 2.05) is 27.8 Å². The summed E-state index contributed by atoms with van der Waals surface area (Å²) in [4.78, 5) is 14.3. The number of nitrogens with two attached hydrogens (primary N) is 1. The lowest BCUT2D eigenvalue weighted by Crippen LogP contribution is -2.75. The normalized spacial score (nSPS) is 30.1. The van der Waals surface area contributed by atoms with E-state index in [0.29, 0.717) is 18.9 Å². The fourth-order valence-electron chi connectivity index (χ4n) is 2.77. The summed E-state index contributed by atoms with van der Waals surface area (Å²) in [5.41, 5.74) is 5.27. The number of carbonyl (C=O) groups is 1. The number of hydrogen-bond acceptors (Lipinski definition) is 3. The van der Waals surface area contributed by atoms with Crippen LogP contribution in [0.1, 0.15) is 41.0 Å². The van der Waals surface area contributed by atoms with Gasteiger partial charge in [-0.3, -0.25) is 4.79 Å². The molecular weight excluding hydrogens is 228 g/mol. The van der Waals surface area contributed by atoms with E-state index >= 15 is 0 Å². The van der Waals surface area contributed by atoms with Gasteiger partial charge in [0.25, 0.3) is 0 Å². The zero-order valence-electron chi connectivity index (χ0n) is 12.6. The van der Waals surface area contributed by atoms with Crippen LogP contribution in [0.3, 0.4) is 0 Å². The first-order chi connectivity index (χ1) is 8.16. The zero-order chi connectivity index (χ0) is 14.1. The summed E-state index contributed by atoms with van der Waals surface area (Å²) < 4.78 is 5.65. The van der Waals surface area contributed by atoms with Crippen molar-refractivity contribution in [3.8, 4) is 0 Å². The van der Waals surface area contributed by atoms with Crippen molar-refractivity contribution in [2.75, 3.05) is 20.2 Å². The monoisotopic (exact) mass is 256 g/mol. The van der Waals surface area contributed by atoms with Crippen LogP contribution in [-0.4, -0.2) is 42.6 Å². The summed E-state index contributed by atoms with van der Waals surface area (Å²) in [7, 11) is 1.83. The summed E-state index contributed by atoms with van der Waals surface area (Å²) in [6.07, 6.45) is 0.707. The quantitative estimate of drug-likeness (QED) is 0.813. The molecule has 1 aliphatic carbocycles. The first kappa shape index (κ1) is 15.4. The van der Waals surface area contributed by atoms with Crippen LogP contribution in [-0.2, 0) is 9.53 Å². The van der Waals surface area contributed by atoms with Crippen LogP contribution in [0.2, 0.25) is 0 Å². The van der Waals surface area contributed by atoms with Gasteiger partial charge in [0.1, 0.15) is 5.54 Å². The number of nitrogens with zero attached hydrogens (tertiary/aromatic N) is 1. The first-order valence-electron chi connectivity index (χ1n) is 6.82. The lowest BCUT2D eigenvalue weighted by molar-refractivity contribution is -0.178. The second kappa shape index (κ2) is 5.17. The molecule has 4 heteroatoms. The van der Waals surface area contributed by atoms with E-state index in [1.165, 1.54) is 0 Å². The molecule has 1 aliphatic rings. The molecule has 1 saturated carbocycles. The molecule has 18 heavy (non-hydrogen) atoms. The largest absolute Gasteiger partial charge is 0.378 e. The van der Waals surface area contributed by atoms with Crippen molar-refractivity contribution in [1.29, 1.82) is 0 Å². The molecule has 2 N–H and O–H groups in total. The highest BCUT2D eigenvalue weighted by molar-refractivity contribution is 5.88. The zero-order valence-corrected chi connectivity index (χ0v) is 12.6. The Morgan fingerprint density at radius 3 is 2.44 bits per heavy atom. The molecule has 0 spiro atoms. The molecule has 0 radical (unpaired) electrons. The summed E-state index contributed by atoms with van der Waals surface area (Å²) in [6.45, 7) is 11.6. The maximum Gasteiger partial charge on any atom is 0.243 e. The highest BCUT2D eigenvalue weighted by Crippen LogP contribution is 2.50. The Labute approximate surface area is 111 Å². The second-order valence-electron chi connectivity index (χ2n) is 6.42. The molecule has 1 fully saturated rings. The van der Waals surface area contributed by atoms with E-state index in [9.17, 15) is 4.79 Å². The smallest absolute Gasteiger partial charge is 0.243 e. The van der Waals surface area contributed by atoms with Gasteiger partial charge in [-0.15, -0.1) is 0 Å². The summed E-state index contributed by atoms with van der Waals surface area (Å²) in [6, 6.07) is 0. The molecule has 0 aromatic carbocycles. The Bertz CT molecular complexity index is 315. The Morgan fingerprint density at radius 2 is 2.06 bits per heavy atom. The molecule has 0 aromatic heterocycles. The molecule has 0 bridgehead atoms. The third kappa shape index (κ3) is 2.41. The van der Waals surface area contributed by atoms with Crippen molar-refractivity contribution in [2.45, 2.75) is 52.7 Å². The van der Waals surface area contributed by atoms with Crippen molar-refractivity contribution in [3.63, 3.8) is 0 Å². The van der Waals surface area contributed by atoms with Crippen LogP contribution in [0.25, 0.3) is 0 Å². The van der Waals surface area contributed by atoms with Gasteiger partial charge in [-0.25, -0.2) is 0 Å². The number of ether oxygens (including phenoxy) is 1. The van der Waals surface area contributed by atoms with Gasteiger partial charge in [0.15, 0.2) is 0 Å². The molecule has 1 amide bonds. The molecule has 106 valence electrons. The maximum atomic E-state index is 12.5. The SMILES string of the molecule is CCOC1CC(N)(C(=O)N(C)CC(C)C)C1(C)C. The van der Waals surface area contributed by atoms with Crippen LogP contribution in [0.5, 0.6) is 0 Å². The number of amides is 1. The van der Waals surface area contributed by atoms with Crippen molar-refractivity contribution >= 4 is 5.91 Å². The molecule has 0 saturated heterocycles. The number of hydrogen-bond donors (Lipinski definition) is 1. The van der Waals surface area contributed by atoms with Crippen molar-refractivity contribution in [1.82, 2.24) is 4.90 Å². The van der Waals surface area contributed by atoms with Crippen molar-refractivity contribution in [2.24, 2.45) is 17.1 Å². The van der Waals surface area contributed by atoms with Crippen LogP contribution in [0, 0.1) is 11.3 Å². The topological polar surface area (TPSA) is 55.6 Å². The van der Waals surface area contributed by atoms with E-state index in [2.05, 4.69) is 13.8 Å². The lowest BCUT2D eigenvalue weighted by Gasteiger charge is -2.58. The predicted octanol–water partition coefficient (Wildman–Crippen LogP) is 1.63. The van der Waals surface area contributed by atoms with Gasteiger partial charge >= 0.3 is 0 Å². The number of likely N-dealkylation sites (N-methyl/N-ethyl adjacent to an activating group) is 1. The Balaban J connectivity index is 2.74. The number of carbonyl (C=O) groups excluding carboxylic acids is 1. The first-order valence-corrected chi connectivity index (χ1v) is 6.82. The maximum absolute atomic E-state index is 12.5. The Kier molecular flexibility index (Phi) is 4.44. The predicted molar refractivity (Wildman–Crippen MR) is 73.2 cm³/mol. The van der Waals surface area contributed by atoms with Crippen LogP contribution < -0.4 is 5.73 Å². The highest BCUT2D eigenvalue weighted by atomic mass is 16.5. The molecule has 4 nitrogen and oxygen atoms in total. The molecule has 1 rings (SSSR count). The average molecular weight is 256 g/mol. The third-order valence-corrected chi connectivity index (χ3v) is 4.20. The molecule has 2 atom stereocenters. The third-order valence-electron chi connectivity index (χ3n) is 4.20. The average Bonchev–Trinajstić information content (AvgIpc) is 2.26. The van der Waals surface area contributed by atoms with E-state index in [1.54, 1.807) is 4.90 Å². The summed E-state index contributed by atoms with van der Waals surface area (Å²) in [5, 5.41) is 0. The summed E-state index contributed by atoms with van der Waals surface area (Å²) >= 11 is 0. The van der Waals surface area contributed by atoms with Crippen LogP contribution >= 0.6 is 0 Å². The van der Waals surface area contributed by atoms with E-state index in [4.69, 9.17) is 10.5 Å². The Hall–Kier alpha value is -0.610. The van der Waals surface area contributed by atoms with E-state index < -0.39 is 5.54 Å². The van der Waals surface area contributed by atoms with Gasteiger partial charge in [-0.1, -0.05) is 27.7 Å². The van der Waals surface area contributed by atoms with Gasteiger partial charge in [0.2, 0.25) is 5.91 Å². The lowest BCUT2D eigenvalue weighted by atomic mass is 9.54. The molecule has 2 unspecified atom stereocenters. The molecule has 0 aromatic rings. The minimum Gasteiger partial charge on any atom is -0.378 e. The van der Waals surface area contributed by atoms with Gasteiger partial charge in [0.05, 0.1) is 6.10 Å². The Morgan fingerprint density at radius 1 is 1.50 bits per heavy atom.